The van der Waals surface area contributed by atoms with Gasteiger partial charge in [0, 0.05) is 35.9 Å². The van der Waals surface area contributed by atoms with Crippen LogP contribution in [0, 0.1) is 42.9 Å². The highest BCUT2D eigenvalue weighted by Crippen LogP contribution is 2.54. The van der Waals surface area contributed by atoms with Crippen molar-refractivity contribution in [1.29, 1.82) is 0 Å². The van der Waals surface area contributed by atoms with Crippen LogP contribution in [0.3, 0.4) is 0 Å². The van der Waals surface area contributed by atoms with Crippen LogP contribution in [-0.2, 0) is 5.41 Å². The van der Waals surface area contributed by atoms with Gasteiger partial charge in [-0.3, -0.25) is 0 Å². The number of hydrogen-bond acceptors (Lipinski definition) is 3. The molecule has 0 spiro atoms. The van der Waals surface area contributed by atoms with Gasteiger partial charge in [0.25, 0.3) is 0 Å². The molecule has 9 heteroatoms. The van der Waals surface area contributed by atoms with E-state index in [2.05, 4.69) is 69.0 Å². The molecule has 0 aromatic heterocycles. The minimum absolute atomic E-state index is 0.295. The number of rotatable bonds is 2. The molecule has 3 aliphatic rings. The van der Waals surface area contributed by atoms with Gasteiger partial charge in [0.05, 0.1) is 11.4 Å². The summed E-state index contributed by atoms with van der Waals surface area (Å²) in [5.41, 5.74) is 7.23. The fourth-order valence-electron chi connectivity index (χ4n) is 8.19. The summed E-state index contributed by atoms with van der Waals surface area (Å²) in [6.45, 7) is 8.64. The summed E-state index contributed by atoms with van der Waals surface area (Å²) in [5, 5.41) is 1.11. The maximum Gasteiger partial charge on any atom is 0.200 e. The third kappa shape index (κ3) is 4.08. The normalized spacial score (nSPS) is 15.8. The Balaban J connectivity index is 1.41. The first-order valence-electron chi connectivity index (χ1n) is 16.2. The van der Waals surface area contributed by atoms with Crippen molar-refractivity contribution in [3.8, 4) is 0 Å². The topological polar surface area (TPSA) is 3.24 Å². The number of aryl methyl sites for hydroxylation is 2. The largest absolute Gasteiger partial charge is 0.310 e. The van der Waals surface area contributed by atoms with E-state index in [0.717, 1.165) is 47.8 Å². The summed E-state index contributed by atoms with van der Waals surface area (Å²) in [7, 11) is -4.14. The zero-order chi connectivity index (χ0) is 34.9. The van der Waals surface area contributed by atoms with Crippen LogP contribution >= 0.6 is 23.5 Å². The van der Waals surface area contributed by atoms with Gasteiger partial charge in [-0.2, -0.15) is 0 Å². The standard InChI is InChI=1S/C41H28F5NS2Si/c1-21-13-15-26-24(17-21)41(3,4)25-18-22(2)14-16-27(25)47(26)23-19-30-39-31(20-23)49-29-10-6-8-12-33(29)50(39,32-11-7-5-9-28(32)48-30)40-37(45)35(43)34(42)36(44)38(40)46/h5-20H,1-4H3. The molecule has 0 N–H and O–H groups in total. The van der Waals surface area contributed by atoms with E-state index in [4.69, 9.17) is 0 Å². The van der Waals surface area contributed by atoms with E-state index < -0.39 is 42.3 Å². The minimum Gasteiger partial charge on any atom is -0.310 e. The lowest BCUT2D eigenvalue weighted by Gasteiger charge is -2.46. The molecule has 6 aromatic carbocycles. The Morgan fingerprint density at radius 2 is 0.960 bits per heavy atom. The molecule has 50 heavy (non-hydrogen) atoms. The van der Waals surface area contributed by atoms with Crippen LogP contribution in [0.15, 0.2) is 117 Å². The Bertz CT molecular complexity index is 2320. The van der Waals surface area contributed by atoms with Crippen LogP contribution in [0.4, 0.5) is 39.0 Å². The minimum atomic E-state index is -4.14. The molecule has 0 amide bonds. The Labute approximate surface area is 296 Å². The van der Waals surface area contributed by atoms with E-state index in [0.29, 0.717) is 15.6 Å². The zero-order valence-corrected chi connectivity index (χ0v) is 30.0. The van der Waals surface area contributed by atoms with Crippen LogP contribution in [0.5, 0.6) is 0 Å². The molecule has 0 unspecified atom stereocenters. The van der Waals surface area contributed by atoms with Crippen molar-refractivity contribution in [2.45, 2.75) is 52.7 Å². The molecule has 3 aliphatic heterocycles. The number of halogens is 5. The summed E-state index contributed by atoms with van der Waals surface area (Å²) in [6.07, 6.45) is 0. The average Bonchev–Trinajstić information content (AvgIpc) is 3.10. The Hall–Kier alpha value is -4.31. The van der Waals surface area contributed by atoms with Crippen LogP contribution in [-0.4, -0.2) is 8.07 Å². The number of nitrogens with zero attached hydrogens (tertiary/aromatic N) is 1. The molecule has 0 aliphatic carbocycles. The van der Waals surface area contributed by atoms with Gasteiger partial charge in [-0.05, 0) is 76.9 Å². The van der Waals surface area contributed by atoms with E-state index >= 15 is 17.6 Å². The van der Waals surface area contributed by atoms with Gasteiger partial charge in [-0.1, -0.05) is 109 Å². The van der Waals surface area contributed by atoms with Crippen molar-refractivity contribution < 1.29 is 22.0 Å². The Kier molecular flexibility index (Phi) is 6.86. The summed E-state index contributed by atoms with van der Waals surface area (Å²) < 4.78 is 78.0. The van der Waals surface area contributed by atoms with Gasteiger partial charge in [0.2, 0.25) is 5.82 Å². The van der Waals surface area contributed by atoms with E-state index in [1.54, 1.807) is 24.3 Å². The molecule has 0 radical (unpaired) electrons. The van der Waals surface area contributed by atoms with Gasteiger partial charge >= 0.3 is 0 Å². The van der Waals surface area contributed by atoms with Gasteiger partial charge in [-0.25, -0.2) is 22.0 Å². The number of benzene rings is 6. The molecule has 9 rings (SSSR count). The molecule has 3 heterocycles. The monoisotopic (exact) mass is 721 g/mol. The van der Waals surface area contributed by atoms with Crippen molar-refractivity contribution in [3.63, 3.8) is 0 Å². The number of anilines is 3. The highest BCUT2D eigenvalue weighted by atomic mass is 32.2. The molecule has 0 bridgehead atoms. The summed E-state index contributed by atoms with van der Waals surface area (Å²) in [6, 6.07) is 31.6. The second-order valence-electron chi connectivity index (χ2n) is 13.7. The zero-order valence-electron chi connectivity index (χ0n) is 27.4. The Morgan fingerprint density at radius 1 is 0.520 bits per heavy atom. The van der Waals surface area contributed by atoms with Crippen molar-refractivity contribution in [3.05, 3.63) is 148 Å². The van der Waals surface area contributed by atoms with Crippen LogP contribution in [0.25, 0.3) is 0 Å². The lowest BCUT2D eigenvalue weighted by Crippen LogP contribution is -2.79. The maximum absolute atomic E-state index is 16.4. The van der Waals surface area contributed by atoms with Crippen molar-refractivity contribution in [2.24, 2.45) is 0 Å². The second-order valence-corrected chi connectivity index (χ2v) is 19.5. The fourth-order valence-corrected chi connectivity index (χ4v) is 17.6. The van der Waals surface area contributed by atoms with Crippen molar-refractivity contribution in [1.82, 2.24) is 0 Å². The van der Waals surface area contributed by atoms with Crippen LogP contribution in [0.1, 0.15) is 36.1 Å². The first-order chi connectivity index (χ1) is 23.9. The quantitative estimate of drug-likeness (QED) is 0.0759. The molecular weight excluding hydrogens is 694 g/mol. The first kappa shape index (κ1) is 31.7. The highest BCUT2D eigenvalue weighted by Gasteiger charge is 2.56. The van der Waals surface area contributed by atoms with E-state index in [1.165, 1.54) is 34.7 Å². The third-order valence-electron chi connectivity index (χ3n) is 10.4. The van der Waals surface area contributed by atoms with E-state index in [-0.39, 0.29) is 5.41 Å². The van der Waals surface area contributed by atoms with E-state index in [9.17, 15) is 4.39 Å². The molecule has 6 aromatic rings. The summed E-state index contributed by atoms with van der Waals surface area (Å²) >= 11 is 2.95. The number of fused-ring (bicyclic) bond motifs is 6. The predicted molar refractivity (Wildman–Crippen MR) is 194 cm³/mol. The van der Waals surface area contributed by atoms with Crippen LogP contribution < -0.4 is 25.6 Å². The first-order valence-corrected chi connectivity index (χ1v) is 19.9. The van der Waals surface area contributed by atoms with Gasteiger partial charge in [-0.15, -0.1) is 0 Å². The molecule has 1 nitrogen and oxygen atoms in total. The molecular formula is C41H28F5NS2Si. The van der Waals surface area contributed by atoms with E-state index in [1.807, 2.05) is 36.4 Å². The molecule has 0 saturated carbocycles. The lowest BCUT2D eigenvalue weighted by atomic mass is 9.72. The second kappa shape index (κ2) is 10.8. The lowest BCUT2D eigenvalue weighted by molar-refractivity contribution is 0.384. The highest BCUT2D eigenvalue weighted by molar-refractivity contribution is 8.01. The van der Waals surface area contributed by atoms with Crippen molar-refractivity contribution in [2.75, 3.05) is 4.90 Å². The van der Waals surface area contributed by atoms with Gasteiger partial charge in [0.1, 0.15) is 0 Å². The summed E-state index contributed by atoms with van der Waals surface area (Å²) in [4.78, 5) is 5.18. The van der Waals surface area contributed by atoms with Crippen LogP contribution in [0.2, 0.25) is 0 Å². The summed E-state index contributed by atoms with van der Waals surface area (Å²) in [5.74, 6) is -9.56. The maximum atomic E-state index is 16.4. The van der Waals surface area contributed by atoms with Gasteiger partial charge in [0.15, 0.2) is 31.3 Å². The number of hydrogen-bond donors (Lipinski definition) is 0. The van der Waals surface area contributed by atoms with Gasteiger partial charge < -0.3 is 4.90 Å². The predicted octanol–water partition coefficient (Wildman–Crippen LogP) is 9.41. The molecule has 0 saturated heterocycles. The smallest absolute Gasteiger partial charge is 0.200 e. The SMILES string of the molecule is Cc1ccc2c(c1)C(C)(C)c1cc(C)ccc1N2c1cc2c3c(c1)Sc1ccccc1[Si]3(c1c(F)c(F)c(F)c(F)c1F)c1ccccc1S2. The average molecular weight is 722 g/mol. The van der Waals surface area contributed by atoms with Crippen molar-refractivity contribution >= 4 is 69.4 Å². The molecule has 0 fully saturated rings. The molecule has 248 valence electrons. The molecule has 0 atom stereocenters. The fraction of sp³-hybridized carbons (Fsp3) is 0.122. The Morgan fingerprint density at radius 3 is 1.44 bits per heavy atom. The third-order valence-corrected chi connectivity index (χ3v) is 18.3.